The number of nitrogens with one attached hydrogen (secondary N) is 1. The van der Waals surface area contributed by atoms with E-state index in [9.17, 15) is 19.5 Å². The second kappa shape index (κ2) is 9.06. The SMILES string of the molecule is CCOc1ccc(-n2c(O)c(N=Nc3c(C)n(C)n(-c4ccccc4)c3=O)c(=O)[nH]c2=O)cc1. The molecule has 0 amide bonds. The summed E-state index contributed by atoms with van der Waals surface area (Å²) in [4.78, 5) is 39.9. The third-order valence-corrected chi connectivity index (χ3v) is 5.24. The highest BCUT2D eigenvalue weighted by Gasteiger charge is 2.19. The van der Waals surface area contributed by atoms with Gasteiger partial charge >= 0.3 is 5.69 Å². The number of nitrogens with zero attached hydrogens (tertiary/aromatic N) is 5. The van der Waals surface area contributed by atoms with E-state index in [0.717, 1.165) is 4.57 Å². The maximum atomic E-state index is 13.0. The number of aromatic amines is 1. The molecule has 4 aromatic rings. The fourth-order valence-corrected chi connectivity index (χ4v) is 3.47. The molecule has 0 aliphatic heterocycles. The van der Waals surface area contributed by atoms with Crippen LogP contribution >= 0.6 is 0 Å². The van der Waals surface area contributed by atoms with Crippen molar-refractivity contribution in [1.82, 2.24) is 18.9 Å². The molecule has 0 aliphatic carbocycles. The number of ether oxygens (including phenoxy) is 1. The van der Waals surface area contributed by atoms with E-state index in [-0.39, 0.29) is 11.4 Å². The van der Waals surface area contributed by atoms with Gasteiger partial charge in [0.2, 0.25) is 11.6 Å². The largest absolute Gasteiger partial charge is 0.494 e. The van der Waals surface area contributed by atoms with E-state index in [2.05, 4.69) is 15.2 Å². The molecule has 0 saturated heterocycles. The number of H-pyrrole nitrogens is 1. The van der Waals surface area contributed by atoms with E-state index in [4.69, 9.17) is 4.74 Å². The molecule has 0 radical (unpaired) electrons. The van der Waals surface area contributed by atoms with Crippen LogP contribution in [0.25, 0.3) is 11.4 Å². The summed E-state index contributed by atoms with van der Waals surface area (Å²) in [5, 5.41) is 18.5. The molecule has 11 nitrogen and oxygen atoms in total. The third kappa shape index (κ3) is 3.94. The summed E-state index contributed by atoms with van der Waals surface area (Å²) < 4.78 is 9.28. The van der Waals surface area contributed by atoms with E-state index < -0.39 is 28.4 Å². The van der Waals surface area contributed by atoms with Crippen LogP contribution in [0.4, 0.5) is 11.4 Å². The number of rotatable bonds is 6. The van der Waals surface area contributed by atoms with E-state index in [0.29, 0.717) is 23.7 Å². The molecule has 4 rings (SSSR count). The Morgan fingerprint density at radius 2 is 1.59 bits per heavy atom. The molecule has 0 saturated carbocycles. The Bertz CT molecular complexity index is 1540. The van der Waals surface area contributed by atoms with Crippen molar-refractivity contribution >= 4 is 11.4 Å². The minimum Gasteiger partial charge on any atom is -0.494 e. The molecule has 11 heteroatoms. The number of hydrogen-bond acceptors (Lipinski definition) is 7. The molecule has 0 aliphatic rings. The fourth-order valence-electron chi connectivity index (χ4n) is 3.47. The molecule has 2 aromatic heterocycles. The average molecular weight is 462 g/mol. The molecule has 0 atom stereocenters. The Morgan fingerprint density at radius 1 is 0.941 bits per heavy atom. The van der Waals surface area contributed by atoms with Gasteiger partial charge in [0.25, 0.3) is 11.1 Å². The minimum atomic E-state index is -0.939. The Labute approximate surface area is 192 Å². The molecular weight excluding hydrogens is 440 g/mol. The van der Waals surface area contributed by atoms with Crippen LogP contribution in [0, 0.1) is 6.92 Å². The van der Waals surface area contributed by atoms with E-state index in [1.807, 2.05) is 13.0 Å². The zero-order valence-corrected chi connectivity index (χ0v) is 18.7. The van der Waals surface area contributed by atoms with Gasteiger partial charge in [-0.1, -0.05) is 18.2 Å². The molecule has 0 unspecified atom stereocenters. The smallest absolute Gasteiger partial charge is 0.335 e. The van der Waals surface area contributed by atoms with Gasteiger partial charge in [-0.3, -0.25) is 19.3 Å². The summed E-state index contributed by atoms with van der Waals surface area (Å²) in [6.07, 6.45) is 0. The molecule has 174 valence electrons. The maximum Gasteiger partial charge on any atom is 0.335 e. The number of aromatic nitrogens is 4. The Balaban J connectivity index is 1.80. The first-order valence-electron chi connectivity index (χ1n) is 10.4. The molecule has 2 aromatic carbocycles. The molecule has 2 N–H and O–H groups in total. The van der Waals surface area contributed by atoms with Crippen molar-refractivity contribution in [3.63, 3.8) is 0 Å². The van der Waals surface area contributed by atoms with Gasteiger partial charge in [-0.05, 0) is 50.2 Å². The molecule has 0 fully saturated rings. The number of benzene rings is 2. The highest BCUT2D eigenvalue weighted by Crippen LogP contribution is 2.26. The summed E-state index contributed by atoms with van der Waals surface area (Å²) in [6.45, 7) is 3.99. The van der Waals surface area contributed by atoms with Gasteiger partial charge in [-0.2, -0.15) is 0 Å². The van der Waals surface area contributed by atoms with E-state index in [1.54, 1.807) is 67.2 Å². The van der Waals surface area contributed by atoms with Crippen LogP contribution in [-0.4, -0.2) is 30.6 Å². The van der Waals surface area contributed by atoms with Crippen LogP contribution in [0.5, 0.6) is 11.6 Å². The quantitative estimate of drug-likeness (QED) is 0.425. The minimum absolute atomic E-state index is 0.0102. The van der Waals surface area contributed by atoms with Gasteiger partial charge in [0, 0.05) is 7.05 Å². The third-order valence-electron chi connectivity index (χ3n) is 5.24. The summed E-state index contributed by atoms with van der Waals surface area (Å²) in [6, 6.07) is 15.3. The van der Waals surface area contributed by atoms with Crippen molar-refractivity contribution in [2.45, 2.75) is 13.8 Å². The molecule has 2 heterocycles. The van der Waals surface area contributed by atoms with Crippen LogP contribution in [-0.2, 0) is 7.05 Å². The molecule has 34 heavy (non-hydrogen) atoms. The lowest BCUT2D eigenvalue weighted by atomic mass is 10.3. The van der Waals surface area contributed by atoms with Crippen LogP contribution in [0.15, 0.2) is 79.2 Å². The summed E-state index contributed by atoms with van der Waals surface area (Å²) >= 11 is 0. The van der Waals surface area contributed by atoms with E-state index in [1.165, 1.54) is 4.68 Å². The standard InChI is InChI=1S/C23H22N6O5/c1-4-34-17-12-10-15(11-13-17)28-21(31)19(20(30)24-23(28)33)26-25-18-14(2)27(3)29(22(18)32)16-8-6-5-7-9-16/h5-13,31H,4H2,1-3H3,(H,24,30,33). The van der Waals surface area contributed by atoms with Crippen molar-refractivity contribution in [2.24, 2.45) is 17.3 Å². The normalized spacial score (nSPS) is 11.3. The molecular formula is C23H22N6O5. The van der Waals surface area contributed by atoms with Crippen molar-refractivity contribution in [2.75, 3.05) is 6.61 Å². The second-order valence-electron chi connectivity index (χ2n) is 7.30. The van der Waals surface area contributed by atoms with Crippen LogP contribution in [0.2, 0.25) is 0 Å². The van der Waals surface area contributed by atoms with Gasteiger partial charge in [0.1, 0.15) is 5.75 Å². The lowest BCUT2D eigenvalue weighted by Gasteiger charge is -2.10. The number of hydrogen-bond donors (Lipinski definition) is 2. The first kappa shape index (κ1) is 22.5. The number of azo groups is 1. The van der Waals surface area contributed by atoms with Crippen molar-refractivity contribution < 1.29 is 9.84 Å². The van der Waals surface area contributed by atoms with Crippen molar-refractivity contribution in [3.05, 3.63) is 91.5 Å². The Hall–Kier alpha value is -4.67. The first-order valence-corrected chi connectivity index (χ1v) is 10.4. The van der Waals surface area contributed by atoms with Crippen LogP contribution in [0.3, 0.4) is 0 Å². The number of para-hydroxylation sites is 1. The average Bonchev–Trinajstić information content (AvgIpc) is 3.03. The monoisotopic (exact) mass is 462 g/mol. The van der Waals surface area contributed by atoms with Gasteiger partial charge in [0.05, 0.1) is 23.7 Å². The first-order chi connectivity index (χ1) is 16.3. The van der Waals surface area contributed by atoms with Gasteiger partial charge in [-0.15, -0.1) is 10.2 Å². The van der Waals surface area contributed by atoms with Gasteiger partial charge in [0.15, 0.2) is 5.69 Å². The van der Waals surface area contributed by atoms with Crippen molar-refractivity contribution in [3.8, 4) is 23.0 Å². The number of aromatic hydroxyl groups is 1. The topological polar surface area (TPSA) is 136 Å². The van der Waals surface area contributed by atoms with Crippen LogP contribution in [0.1, 0.15) is 12.6 Å². The molecule has 0 spiro atoms. The predicted molar refractivity (Wildman–Crippen MR) is 125 cm³/mol. The highest BCUT2D eigenvalue weighted by atomic mass is 16.5. The van der Waals surface area contributed by atoms with Gasteiger partial charge < -0.3 is 9.84 Å². The summed E-state index contributed by atoms with van der Waals surface area (Å²) in [5.74, 6) is -0.129. The lowest BCUT2D eigenvalue weighted by Crippen LogP contribution is -2.28. The highest BCUT2D eigenvalue weighted by molar-refractivity contribution is 5.51. The van der Waals surface area contributed by atoms with E-state index >= 15 is 0 Å². The summed E-state index contributed by atoms with van der Waals surface area (Å²) in [7, 11) is 1.69. The van der Waals surface area contributed by atoms with Crippen molar-refractivity contribution in [1.29, 1.82) is 0 Å². The lowest BCUT2D eigenvalue weighted by molar-refractivity contribution is 0.340. The van der Waals surface area contributed by atoms with Gasteiger partial charge in [-0.25, -0.2) is 14.0 Å². The maximum absolute atomic E-state index is 13.0. The zero-order chi connectivity index (χ0) is 24.4. The fraction of sp³-hybridized carbons (Fsp3) is 0.174. The Kier molecular flexibility index (Phi) is 6.00. The second-order valence-corrected chi connectivity index (χ2v) is 7.30. The Morgan fingerprint density at radius 3 is 2.24 bits per heavy atom. The molecule has 0 bridgehead atoms. The zero-order valence-electron chi connectivity index (χ0n) is 18.7. The van der Waals surface area contributed by atoms with Crippen LogP contribution < -0.4 is 21.5 Å². The summed E-state index contributed by atoms with van der Waals surface area (Å²) in [5.41, 5.74) is -1.37. The predicted octanol–water partition coefficient (Wildman–Crippen LogP) is 2.84.